The number of nitro groups is 1. The van der Waals surface area contributed by atoms with E-state index in [1.54, 1.807) is 0 Å². The first kappa shape index (κ1) is 23.7. The maximum Gasteiger partial charge on any atom is 0.294 e. The molecule has 14 heteroatoms. The molecule has 2 saturated heterocycles. The van der Waals surface area contributed by atoms with E-state index in [0.717, 1.165) is 23.1 Å². The van der Waals surface area contributed by atoms with E-state index in [9.17, 15) is 23.3 Å². The zero-order valence-electron chi connectivity index (χ0n) is 16.3. The minimum Gasteiger partial charge on any atom is -0.380 e. The van der Waals surface area contributed by atoms with E-state index in [-0.39, 0.29) is 49.1 Å². The van der Waals surface area contributed by atoms with Crippen LogP contribution in [0.25, 0.3) is 0 Å². The number of fused-ring (bicyclic) bond motifs is 1. The quantitative estimate of drug-likeness (QED) is 0.449. The summed E-state index contributed by atoms with van der Waals surface area (Å²) < 4.78 is 30.3. The highest BCUT2D eigenvalue weighted by molar-refractivity contribution is 8.01. The van der Waals surface area contributed by atoms with Gasteiger partial charge in [-0.2, -0.15) is 0 Å². The summed E-state index contributed by atoms with van der Waals surface area (Å²) in [6, 6.07) is 0.869. The third-order valence-corrected chi connectivity index (χ3v) is 10.9. The van der Waals surface area contributed by atoms with Crippen LogP contribution in [0.1, 0.15) is 22.5 Å². The Kier molecular flexibility index (Phi) is 6.99. The normalized spacial score (nSPS) is 24.5. The van der Waals surface area contributed by atoms with E-state index >= 15 is 0 Å². The van der Waals surface area contributed by atoms with Crippen molar-refractivity contribution in [3.05, 3.63) is 43.5 Å². The molecule has 172 valence electrons. The number of thiophene rings is 1. The molecule has 1 amide bonds. The van der Waals surface area contributed by atoms with Crippen LogP contribution in [0.2, 0.25) is 10.0 Å². The fourth-order valence-corrected chi connectivity index (χ4v) is 8.71. The number of aromatic nitrogens is 1. The van der Waals surface area contributed by atoms with Gasteiger partial charge in [-0.25, -0.2) is 8.42 Å². The Morgan fingerprint density at radius 3 is 2.72 bits per heavy atom. The molecule has 0 aromatic carbocycles. The first-order valence-electron chi connectivity index (χ1n) is 9.52. The molecule has 2 aromatic rings. The van der Waals surface area contributed by atoms with E-state index in [1.807, 2.05) is 0 Å². The number of hydrogen-bond donors (Lipinski definition) is 1. The number of sulfone groups is 1. The summed E-state index contributed by atoms with van der Waals surface area (Å²) in [5.74, 6) is -0.760. The Balaban J connectivity index is 1.57. The summed E-state index contributed by atoms with van der Waals surface area (Å²) >= 11 is 14.2. The van der Waals surface area contributed by atoms with Gasteiger partial charge in [-0.1, -0.05) is 35.0 Å². The number of halogens is 2. The molecule has 32 heavy (non-hydrogen) atoms. The van der Waals surface area contributed by atoms with Crippen LogP contribution in [-0.2, 0) is 14.6 Å². The van der Waals surface area contributed by atoms with Crippen molar-refractivity contribution in [1.29, 1.82) is 0 Å². The van der Waals surface area contributed by atoms with Crippen molar-refractivity contribution in [2.45, 2.75) is 33.2 Å². The van der Waals surface area contributed by atoms with E-state index in [2.05, 4.69) is 10.3 Å². The molecule has 2 aromatic heterocycles. The molecule has 2 aliphatic heterocycles. The fourth-order valence-electron chi connectivity index (χ4n) is 3.90. The molecule has 4 heterocycles. The largest absolute Gasteiger partial charge is 0.380 e. The van der Waals surface area contributed by atoms with Gasteiger partial charge in [0.15, 0.2) is 9.84 Å². The zero-order valence-corrected chi connectivity index (χ0v) is 20.3. The van der Waals surface area contributed by atoms with Crippen LogP contribution in [0.5, 0.6) is 0 Å². The second-order valence-electron chi connectivity index (χ2n) is 7.38. The molecule has 3 atom stereocenters. The highest BCUT2D eigenvalue weighted by Crippen LogP contribution is 2.45. The van der Waals surface area contributed by atoms with Gasteiger partial charge < -0.3 is 10.1 Å². The molecular weight excluding hydrogens is 521 g/mol. The minimum atomic E-state index is -3.27. The van der Waals surface area contributed by atoms with Gasteiger partial charge in [-0.15, -0.1) is 11.3 Å². The Bertz CT molecular complexity index is 1150. The van der Waals surface area contributed by atoms with Gasteiger partial charge in [0, 0.05) is 37.0 Å². The van der Waals surface area contributed by atoms with Gasteiger partial charge >= 0.3 is 0 Å². The first-order valence-corrected chi connectivity index (χ1v) is 13.6. The Morgan fingerprint density at radius 2 is 2.03 bits per heavy atom. The summed E-state index contributed by atoms with van der Waals surface area (Å²) in [4.78, 5) is 28.4. The summed E-state index contributed by atoms with van der Waals surface area (Å²) in [7, 11) is -3.27. The molecule has 2 fully saturated rings. The Hall–Kier alpha value is -1.44. The van der Waals surface area contributed by atoms with Crippen molar-refractivity contribution in [2.24, 2.45) is 5.92 Å². The lowest BCUT2D eigenvalue weighted by Crippen LogP contribution is -2.55. The predicted molar refractivity (Wildman–Crippen MR) is 122 cm³/mol. The molecule has 2 aliphatic rings. The molecule has 0 spiro atoms. The highest BCUT2D eigenvalue weighted by Gasteiger charge is 2.45. The van der Waals surface area contributed by atoms with E-state index in [0.29, 0.717) is 24.3 Å². The standard InChI is InChI=1S/C18H17Cl2N3O6S3/c19-10-6-21-7-11(20)16(10)31-18-13(23(25)26)5-14(30-18)17(24)22-12-2-4-32(27,28)15-8-29-3-1-9(12)15/h5-7,9,12,15H,1-4,8H2,(H,22,24). The Morgan fingerprint density at radius 1 is 1.31 bits per heavy atom. The van der Waals surface area contributed by atoms with Crippen LogP contribution < -0.4 is 5.32 Å². The smallest absolute Gasteiger partial charge is 0.294 e. The molecule has 9 nitrogen and oxygen atoms in total. The summed E-state index contributed by atoms with van der Waals surface area (Å²) in [6.07, 6.45) is 3.58. The van der Waals surface area contributed by atoms with E-state index in [1.165, 1.54) is 18.5 Å². The number of nitrogens with zero attached hydrogens (tertiary/aromatic N) is 2. The van der Waals surface area contributed by atoms with Gasteiger partial charge in [0.2, 0.25) is 0 Å². The van der Waals surface area contributed by atoms with Crippen molar-refractivity contribution in [2.75, 3.05) is 19.0 Å². The van der Waals surface area contributed by atoms with Crippen molar-refractivity contribution in [1.82, 2.24) is 10.3 Å². The summed E-state index contributed by atoms with van der Waals surface area (Å²) in [5, 5.41) is 14.3. The molecule has 0 radical (unpaired) electrons. The Labute approximate surface area is 201 Å². The number of amides is 1. The van der Waals surface area contributed by atoms with Gasteiger partial charge in [-0.05, 0) is 12.8 Å². The highest BCUT2D eigenvalue weighted by atomic mass is 35.5. The van der Waals surface area contributed by atoms with E-state index in [4.69, 9.17) is 27.9 Å². The number of carbonyl (C=O) groups is 1. The number of pyridine rings is 1. The second kappa shape index (κ2) is 9.43. The van der Waals surface area contributed by atoms with Gasteiger partial charge in [0.05, 0.1) is 37.5 Å². The van der Waals surface area contributed by atoms with Gasteiger partial charge in [0.1, 0.15) is 9.09 Å². The maximum absolute atomic E-state index is 12.9. The molecule has 4 rings (SSSR count). The average Bonchev–Trinajstić information content (AvgIpc) is 3.18. The molecular formula is C18H17Cl2N3O6S3. The average molecular weight is 538 g/mol. The van der Waals surface area contributed by atoms with Crippen LogP contribution in [0.15, 0.2) is 27.6 Å². The molecule has 3 unspecified atom stereocenters. The molecule has 0 aliphatic carbocycles. The predicted octanol–water partition coefficient (Wildman–Crippen LogP) is 3.83. The number of hydrogen-bond acceptors (Lipinski definition) is 9. The number of ether oxygens (including phenoxy) is 1. The lowest BCUT2D eigenvalue weighted by atomic mass is 9.89. The minimum absolute atomic E-state index is 0.0345. The molecule has 0 bridgehead atoms. The number of nitrogens with one attached hydrogen (secondary N) is 1. The monoisotopic (exact) mass is 537 g/mol. The lowest BCUT2D eigenvalue weighted by molar-refractivity contribution is -0.387. The fraction of sp³-hybridized carbons (Fsp3) is 0.444. The van der Waals surface area contributed by atoms with E-state index < -0.39 is 25.9 Å². The lowest BCUT2D eigenvalue weighted by Gasteiger charge is -2.40. The van der Waals surface area contributed by atoms with Gasteiger partial charge in [-0.3, -0.25) is 19.9 Å². The van der Waals surface area contributed by atoms with Crippen LogP contribution in [0.3, 0.4) is 0 Å². The third-order valence-electron chi connectivity index (χ3n) is 5.47. The van der Waals surface area contributed by atoms with Crippen LogP contribution >= 0.6 is 46.3 Å². The second-order valence-corrected chi connectivity index (χ2v) is 12.9. The van der Waals surface area contributed by atoms with Crippen molar-refractivity contribution >= 4 is 67.7 Å². The summed E-state index contributed by atoms with van der Waals surface area (Å²) in [6.45, 7) is 0.555. The molecule has 1 N–H and O–H groups in total. The van der Waals surface area contributed by atoms with Crippen molar-refractivity contribution in [3.63, 3.8) is 0 Å². The molecule has 0 saturated carbocycles. The van der Waals surface area contributed by atoms with Crippen molar-refractivity contribution in [3.8, 4) is 0 Å². The zero-order chi connectivity index (χ0) is 23.0. The number of rotatable bonds is 5. The topological polar surface area (TPSA) is 128 Å². The van der Waals surface area contributed by atoms with Gasteiger partial charge in [0.25, 0.3) is 11.6 Å². The third kappa shape index (κ3) is 4.75. The SMILES string of the molecule is O=C(NC1CCS(=O)(=O)C2COCCC12)c1cc([N+](=O)[O-])c(Sc2c(Cl)cncc2Cl)s1. The van der Waals surface area contributed by atoms with Crippen molar-refractivity contribution < 1.29 is 22.9 Å². The number of carbonyl (C=O) groups excluding carboxylic acids is 1. The van der Waals surface area contributed by atoms with Crippen LogP contribution in [0.4, 0.5) is 5.69 Å². The summed E-state index contributed by atoms with van der Waals surface area (Å²) in [5.41, 5.74) is -0.232. The van der Waals surface area contributed by atoms with Crippen LogP contribution in [0, 0.1) is 16.0 Å². The first-order chi connectivity index (χ1) is 15.2. The van der Waals surface area contributed by atoms with Crippen LogP contribution in [-0.4, -0.2) is 54.5 Å². The maximum atomic E-state index is 12.9.